The number of aromatic nitrogens is 3. The number of nitrogens with one attached hydrogen (secondary N) is 1. The Morgan fingerprint density at radius 2 is 2.07 bits per heavy atom. The summed E-state index contributed by atoms with van der Waals surface area (Å²) in [5, 5.41) is 17.8. The van der Waals surface area contributed by atoms with E-state index in [2.05, 4.69) is 20.1 Å². The van der Waals surface area contributed by atoms with E-state index in [9.17, 15) is 18.7 Å². The minimum Gasteiger partial charge on any atom is -0.463 e. The number of hydrogen-bond donors (Lipinski definition) is 2. The van der Waals surface area contributed by atoms with Gasteiger partial charge in [0.2, 0.25) is 5.95 Å². The van der Waals surface area contributed by atoms with E-state index >= 15 is 0 Å². The van der Waals surface area contributed by atoms with Crippen molar-refractivity contribution < 1.29 is 32.9 Å². The molecule has 1 aromatic carbocycles. The number of ether oxygens (including phenoxy) is 3. The molecule has 0 saturated carbocycles. The maximum atomic E-state index is 12.8. The molecule has 0 aliphatic carbocycles. The molecule has 1 aliphatic rings. The first-order chi connectivity index (χ1) is 13.3. The molecule has 3 unspecified atom stereocenters. The van der Waals surface area contributed by atoms with Crippen LogP contribution in [0, 0.1) is 5.92 Å². The Hall–Kier alpha value is -2.79. The van der Waals surface area contributed by atoms with Crippen molar-refractivity contribution >= 4 is 11.9 Å². The third kappa shape index (κ3) is 4.04. The number of nitrogens with zero attached hydrogens (tertiary/aromatic N) is 3. The number of carbonyl (C=O) groups is 1. The zero-order chi connectivity index (χ0) is 20.3. The van der Waals surface area contributed by atoms with Crippen LogP contribution in [0.4, 0.5) is 14.7 Å². The second kappa shape index (κ2) is 8.07. The Labute approximate surface area is 159 Å². The summed E-state index contributed by atoms with van der Waals surface area (Å²) in [6, 6.07) is 4.95. The molecule has 2 heterocycles. The van der Waals surface area contributed by atoms with Gasteiger partial charge in [0.25, 0.3) is 0 Å². The molecule has 2 aromatic rings. The Morgan fingerprint density at radius 1 is 1.36 bits per heavy atom. The van der Waals surface area contributed by atoms with Crippen LogP contribution in [0.1, 0.15) is 18.5 Å². The fourth-order valence-corrected chi connectivity index (χ4v) is 3.15. The van der Waals surface area contributed by atoms with Crippen molar-refractivity contribution in [3.05, 3.63) is 36.2 Å². The standard InChI is InChI=1S/C17H20F2N4O5/c1-17(25)12(14(24)27-8-7-26-2)13(23-16(22-17)20-9-21-23)10-3-5-11(6-4-10)28-15(18)19/h3-6,9,12-13,15,25H,7-8H2,1-2H3,(H,20,21,22). The van der Waals surface area contributed by atoms with Gasteiger partial charge in [0.15, 0.2) is 5.72 Å². The van der Waals surface area contributed by atoms with E-state index in [1.807, 2.05) is 0 Å². The number of hydrogen-bond acceptors (Lipinski definition) is 8. The number of anilines is 1. The lowest BCUT2D eigenvalue weighted by Crippen LogP contribution is -2.55. The van der Waals surface area contributed by atoms with Crippen LogP contribution < -0.4 is 10.1 Å². The highest BCUT2D eigenvalue weighted by Gasteiger charge is 2.50. The van der Waals surface area contributed by atoms with E-state index in [1.165, 1.54) is 49.3 Å². The monoisotopic (exact) mass is 398 g/mol. The van der Waals surface area contributed by atoms with Crippen LogP contribution in [0.5, 0.6) is 5.75 Å². The molecule has 28 heavy (non-hydrogen) atoms. The van der Waals surface area contributed by atoms with Crippen molar-refractivity contribution in [2.45, 2.75) is 25.3 Å². The van der Waals surface area contributed by atoms with E-state index in [4.69, 9.17) is 9.47 Å². The van der Waals surface area contributed by atoms with Crippen molar-refractivity contribution in [2.24, 2.45) is 5.92 Å². The van der Waals surface area contributed by atoms with Gasteiger partial charge in [-0.25, -0.2) is 4.68 Å². The number of aliphatic hydroxyl groups is 1. The number of alkyl halides is 2. The van der Waals surface area contributed by atoms with Gasteiger partial charge in [-0.05, 0) is 24.6 Å². The first-order valence-electron chi connectivity index (χ1n) is 8.44. The average molecular weight is 398 g/mol. The maximum Gasteiger partial charge on any atom is 0.387 e. The number of rotatable bonds is 7. The molecule has 0 bridgehead atoms. The third-order valence-electron chi connectivity index (χ3n) is 4.36. The molecule has 0 radical (unpaired) electrons. The zero-order valence-corrected chi connectivity index (χ0v) is 15.2. The predicted molar refractivity (Wildman–Crippen MR) is 91.8 cm³/mol. The fraction of sp³-hybridized carbons (Fsp3) is 0.471. The number of halogens is 2. The molecular formula is C17H20F2N4O5. The Bertz CT molecular complexity index is 812. The zero-order valence-electron chi connectivity index (χ0n) is 15.2. The van der Waals surface area contributed by atoms with Gasteiger partial charge in [0.1, 0.15) is 24.6 Å². The molecular weight excluding hydrogens is 378 g/mol. The van der Waals surface area contributed by atoms with Crippen LogP contribution in [0.3, 0.4) is 0 Å². The van der Waals surface area contributed by atoms with Crippen molar-refractivity contribution in [3.63, 3.8) is 0 Å². The molecule has 9 nitrogen and oxygen atoms in total. The molecule has 2 N–H and O–H groups in total. The first kappa shape index (κ1) is 20.0. The second-order valence-electron chi connectivity index (χ2n) is 6.33. The third-order valence-corrected chi connectivity index (χ3v) is 4.36. The topological polar surface area (TPSA) is 108 Å². The quantitative estimate of drug-likeness (QED) is 0.533. The minimum atomic E-state index is -2.95. The molecule has 0 spiro atoms. The Balaban J connectivity index is 1.97. The summed E-state index contributed by atoms with van der Waals surface area (Å²) in [4.78, 5) is 16.8. The summed E-state index contributed by atoms with van der Waals surface area (Å²) in [7, 11) is 1.47. The Kier molecular flexibility index (Phi) is 5.75. The van der Waals surface area contributed by atoms with Crippen LogP contribution in [0.2, 0.25) is 0 Å². The first-order valence-corrected chi connectivity index (χ1v) is 8.44. The second-order valence-corrected chi connectivity index (χ2v) is 6.33. The van der Waals surface area contributed by atoms with Crippen LogP contribution >= 0.6 is 0 Å². The summed E-state index contributed by atoms with van der Waals surface area (Å²) in [6.07, 6.45) is 1.28. The summed E-state index contributed by atoms with van der Waals surface area (Å²) < 4.78 is 40.7. The molecule has 152 valence electrons. The lowest BCUT2D eigenvalue weighted by molar-refractivity contribution is -0.160. The smallest absolute Gasteiger partial charge is 0.387 e. The summed E-state index contributed by atoms with van der Waals surface area (Å²) in [6.45, 7) is -1.31. The van der Waals surface area contributed by atoms with Crippen LogP contribution in [-0.4, -0.2) is 58.5 Å². The summed E-state index contributed by atoms with van der Waals surface area (Å²) >= 11 is 0. The van der Waals surface area contributed by atoms with Crippen molar-refractivity contribution in [2.75, 3.05) is 25.6 Å². The van der Waals surface area contributed by atoms with E-state index in [0.29, 0.717) is 5.56 Å². The van der Waals surface area contributed by atoms with Gasteiger partial charge < -0.3 is 24.6 Å². The van der Waals surface area contributed by atoms with Crippen LogP contribution in [0.25, 0.3) is 0 Å². The van der Waals surface area contributed by atoms with E-state index in [1.54, 1.807) is 0 Å². The molecule has 0 fully saturated rings. The number of esters is 1. The highest BCUT2D eigenvalue weighted by atomic mass is 19.3. The summed E-state index contributed by atoms with van der Waals surface area (Å²) in [5.41, 5.74) is -1.17. The molecule has 0 amide bonds. The van der Waals surface area contributed by atoms with Crippen molar-refractivity contribution in [1.29, 1.82) is 0 Å². The highest BCUT2D eigenvalue weighted by molar-refractivity contribution is 5.76. The molecule has 3 rings (SSSR count). The van der Waals surface area contributed by atoms with Gasteiger partial charge in [-0.3, -0.25) is 4.79 Å². The van der Waals surface area contributed by atoms with E-state index < -0.39 is 30.3 Å². The summed E-state index contributed by atoms with van der Waals surface area (Å²) in [5.74, 6) is -1.55. The number of carbonyl (C=O) groups excluding carboxylic acids is 1. The largest absolute Gasteiger partial charge is 0.463 e. The van der Waals surface area contributed by atoms with Crippen molar-refractivity contribution in [1.82, 2.24) is 14.8 Å². The molecule has 11 heteroatoms. The van der Waals surface area contributed by atoms with Gasteiger partial charge in [0.05, 0.1) is 12.6 Å². The van der Waals surface area contributed by atoms with Gasteiger partial charge in [-0.1, -0.05) is 12.1 Å². The average Bonchev–Trinajstić information content (AvgIpc) is 3.07. The normalized spacial score (nSPS) is 23.8. The van der Waals surface area contributed by atoms with Crippen LogP contribution in [-0.2, 0) is 14.3 Å². The van der Waals surface area contributed by atoms with Crippen molar-refractivity contribution in [3.8, 4) is 5.75 Å². The maximum absolute atomic E-state index is 12.8. The number of fused-ring (bicyclic) bond motifs is 1. The fourth-order valence-electron chi connectivity index (χ4n) is 3.15. The number of methoxy groups -OCH3 is 1. The lowest BCUT2D eigenvalue weighted by Gasteiger charge is -2.41. The van der Waals surface area contributed by atoms with Gasteiger partial charge in [0, 0.05) is 7.11 Å². The minimum absolute atomic E-state index is 0.0139. The SMILES string of the molecule is COCCOC(=O)C1C(c2ccc(OC(F)F)cc2)n2ncnc2NC1(C)O. The van der Waals surface area contributed by atoms with Gasteiger partial charge >= 0.3 is 12.6 Å². The van der Waals surface area contributed by atoms with Crippen LogP contribution in [0.15, 0.2) is 30.6 Å². The Morgan fingerprint density at radius 3 is 2.71 bits per heavy atom. The molecule has 3 atom stereocenters. The number of benzene rings is 1. The van der Waals surface area contributed by atoms with Gasteiger partial charge in [-0.2, -0.15) is 18.9 Å². The lowest BCUT2D eigenvalue weighted by atomic mass is 9.83. The predicted octanol–water partition coefficient (Wildman–Crippen LogP) is 1.41. The van der Waals surface area contributed by atoms with Gasteiger partial charge in [-0.15, -0.1) is 0 Å². The highest BCUT2D eigenvalue weighted by Crippen LogP contribution is 2.41. The molecule has 1 aliphatic heterocycles. The molecule has 1 aromatic heterocycles. The molecule has 0 saturated heterocycles. The van der Waals surface area contributed by atoms with E-state index in [-0.39, 0.29) is 24.9 Å². The van der Waals surface area contributed by atoms with E-state index in [0.717, 1.165) is 0 Å².